The molecule has 3 nitrogen and oxygen atoms in total. The zero-order valence-electron chi connectivity index (χ0n) is 7.77. The summed E-state index contributed by atoms with van der Waals surface area (Å²) >= 11 is 3.34. The molecule has 1 heterocycles. The molecule has 76 valence electrons. The van der Waals surface area contributed by atoms with Crippen LogP contribution in [0.4, 0.5) is 0 Å². The number of aromatic carboxylic acids is 1. The Morgan fingerprint density at radius 3 is 2.80 bits per heavy atom. The molecule has 15 heavy (non-hydrogen) atoms. The number of para-hydroxylation sites is 1. The first-order chi connectivity index (χ1) is 7.22. The monoisotopic (exact) mass is 265 g/mol. The Labute approximate surface area is 94.9 Å². The van der Waals surface area contributed by atoms with Crippen molar-refractivity contribution in [2.45, 2.75) is 5.33 Å². The Hall–Kier alpha value is -1.42. The number of halogens is 1. The van der Waals surface area contributed by atoms with Crippen LogP contribution in [0.5, 0.6) is 0 Å². The number of nitrogens with zero attached hydrogens (tertiary/aromatic N) is 1. The van der Waals surface area contributed by atoms with E-state index in [9.17, 15) is 4.79 Å². The maximum Gasteiger partial charge on any atom is 0.354 e. The zero-order chi connectivity index (χ0) is 10.8. The van der Waals surface area contributed by atoms with E-state index in [1.807, 2.05) is 24.3 Å². The topological polar surface area (TPSA) is 50.2 Å². The number of carbonyl (C=O) groups is 1. The molecule has 1 aromatic heterocycles. The van der Waals surface area contributed by atoms with E-state index in [1.165, 1.54) is 0 Å². The van der Waals surface area contributed by atoms with Crippen molar-refractivity contribution in [2.24, 2.45) is 0 Å². The number of carboxylic acids is 1. The molecule has 0 amide bonds. The fourth-order valence-electron chi connectivity index (χ4n) is 1.47. The molecule has 0 fully saturated rings. The molecule has 2 rings (SSSR count). The van der Waals surface area contributed by atoms with Gasteiger partial charge in [0, 0.05) is 10.7 Å². The minimum Gasteiger partial charge on any atom is -0.477 e. The summed E-state index contributed by atoms with van der Waals surface area (Å²) in [6, 6.07) is 9.10. The number of benzene rings is 1. The largest absolute Gasteiger partial charge is 0.477 e. The maximum absolute atomic E-state index is 10.8. The third-order valence-electron chi connectivity index (χ3n) is 2.16. The van der Waals surface area contributed by atoms with Crippen LogP contribution in [-0.4, -0.2) is 16.1 Å². The van der Waals surface area contributed by atoms with Crippen LogP contribution in [0, 0.1) is 0 Å². The van der Waals surface area contributed by atoms with Gasteiger partial charge in [0.05, 0.1) is 5.52 Å². The second-order valence-electron chi connectivity index (χ2n) is 3.12. The van der Waals surface area contributed by atoms with Crippen molar-refractivity contribution in [3.8, 4) is 0 Å². The molecule has 0 atom stereocenters. The lowest BCUT2D eigenvalue weighted by atomic mass is 10.1. The van der Waals surface area contributed by atoms with Gasteiger partial charge in [0.1, 0.15) is 5.69 Å². The lowest BCUT2D eigenvalue weighted by Gasteiger charge is -2.04. The van der Waals surface area contributed by atoms with Gasteiger partial charge in [0.15, 0.2) is 0 Å². The third-order valence-corrected chi connectivity index (χ3v) is 2.77. The van der Waals surface area contributed by atoms with Crippen molar-refractivity contribution in [3.05, 3.63) is 41.6 Å². The van der Waals surface area contributed by atoms with Gasteiger partial charge < -0.3 is 5.11 Å². The van der Waals surface area contributed by atoms with Crippen molar-refractivity contribution in [3.63, 3.8) is 0 Å². The van der Waals surface area contributed by atoms with E-state index in [0.29, 0.717) is 10.8 Å². The number of hydrogen-bond donors (Lipinski definition) is 1. The maximum atomic E-state index is 10.8. The number of hydrogen-bond acceptors (Lipinski definition) is 2. The molecule has 0 aliphatic carbocycles. The number of alkyl halides is 1. The van der Waals surface area contributed by atoms with Gasteiger partial charge in [-0.1, -0.05) is 34.1 Å². The van der Waals surface area contributed by atoms with Gasteiger partial charge in [-0.05, 0) is 17.7 Å². The van der Waals surface area contributed by atoms with Crippen LogP contribution in [0.2, 0.25) is 0 Å². The Bertz CT molecular complexity index is 525. The highest BCUT2D eigenvalue weighted by atomic mass is 79.9. The van der Waals surface area contributed by atoms with Gasteiger partial charge >= 0.3 is 5.97 Å². The summed E-state index contributed by atoms with van der Waals surface area (Å²) in [6.45, 7) is 0. The van der Waals surface area contributed by atoms with Gasteiger partial charge in [0.25, 0.3) is 0 Å². The fraction of sp³-hybridized carbons (Fsp3) is 0.0909. The minimum atomic E-state index is -0.997. The molecular formula is C11H8BrNO2. The Kier molecular flexibility index (Phi) is 2.68. The van der Waals surface area contributed by atoms with Crippen molar-refractivity contribution >= 4 is 32.8 Å². The average Bonchev–Trinajstić information content (AvgIpc) is 2.27. The first-order valence-electron chi connectivity index (χ1n) is 4.40. The fourth-order valence-corrected chi connectivity index (χ4v) is 1.93. The second-order valence-corrected chi connectivity index (χ2v) is 3.68. The summed E-state index contributed by atoms with van der Waals surface area (Å²) in [4.78, 5) is 14.9. The van der Waals surface area contributed by atoms with Crippen LogP contribution >= 0.6 is 15.9 Å². The van der Waals surface area contributed by atoms with Gasteiger partial charge in [-0.25, -0.2) is 9.78 Å². The minimum absolute atomic E-state index is 0.0863. The Morgan fingerprint density at radius 2 is 2.13 bits per heavy atom. The summed E-state index contributed by atoms with van der Waals surface area (Å²) in [6.07, 6.45) is 0. The van der Waals surface area contributed by atoms with Crippen molar-refractivity contribution in [1.29, 1.82) is 0 Å². The second kappa shape index (κ2) is 3.98. The number of fused-ring (bicyclic) bond motifs is 1. The highest BCUT2D eigenvalue weighted by Gasteiger charge is 2.09. The summed E-state index contributed by atoms with van der Waals surface area (Å²) in [7, 11) is 0. The molecule has 0 aliphatic rings. The lowest BCUT2D eigenvalue weighted by Crippen LogP contribution is -2.01. The molecule has 1 aromatic carbocycles. The van der Waals surface area contributed by atoms with E-state index >= 15 is 0 Å². The van der Waals surface area contributed by atoms with E-state index in [-0.39, 0.29) is 5.69 Å². The molecule has 0 saturated heterocycles. The number of aromatic nitrogens is 1. The number of rotatable bonds is 2. The molecule has 0 spiro atoms. The van der Waals surface area contributed by atoms with E-state index in [2.05, 4.69) is 20.9 Å². The summed E-state index contributed by atoms with van der Waals surface area (Å²) in [5, 5.41) is 10.5. The number of carboxylic acid groups (broad SMARTS) is 1. The molecule has 0 saturated carbocycles. The van der Waals surface area contributed by atoms with Gasteiger partial charge in [0.2, 0.25) is 0 Å². The normalized spacial score (nSPS) is 10.5. The van der Waals surface area contributed by atoms with Crippen LogP contribution in [0.1, 0.15) is 16.1 Å². The van der Waals surface area contributed by atoms with Crippen LogP contribution in [0.3, 0.4) is 0 Å². The highest BCUT2D eigenvalue weighted by Crippen LogP contribution is 2.20. The first-order valence-corrected chi connectivity index (χ1v) is 5.52. The SMILES string of the molecule is O=C(O)c1cc(CBr)c2ccccc2n1. The van der Waals surface area contributed by atoms with Gasteiger partial charge in [-0.3, -0.25) is 0 Å². The van der Waals surface area contributed by atoms with Crippen LogP contribution in [0.15, 0.2) is 30.3 Å². The van der Waals surface area contributed by atoms with Crippen LogP contribution < -0.4 is 0 Å². The van der Waals surface area contributed by atoms with E-state index in [0.717, 1.165) is 10.9 Å². The lowest BCUT2D eigenvalue weighted by molar-refractivity contribution is 0.0691. The highest BCUT2D eigenvalue weighted by molar-refractivity contribution is 9.08. The van der Waals surface area contributed by atoms with E-state index in [1.54, 1.807) is 6.07 Å². The predicted octanol–water partition coefficient (Wildman–Crippen LogP) is 2.83. The summed E-state index contributed by atoms with van der Waals surface area (Å²) in [5.41, 5.74) is 1.74. The predicted molar refractivity (Wildman–Crippen MR) is 61.3 cm³/mol. The summed E-state index contributed by atoms with van der Waals surface area (Å²) < 4.78 is 0. The number of pyridine rings is 1. The first kappa shape index (κ1) is 10.1. The average molecular weight is 266 g/mol. The van der Waals surface area contributed by atoms with Crippen LogP contribution in [-0.2, 0) is 5.33 Å². The van der Waals surface area contributed by atoms with Crippen molar-refractivity contribution in [2.75, 3.05) is 0 Å². The van der Waals surface area contributed by atoms with E-state index in [4.69, 9.17) is 5.11 Å². The van der Waals surface area contributed by atoms with Gasteiger partial charge in [-0.15, -0.1) is 0 Å². The standard InChI is InChI=1S/C11H8BrNO2/c12-6-7-5-10(11(14)15)13-9-4-2-1-3-8(7)9/h1-5H,6H2,(H,14,15). The Morgan fingerprint density at radius 1 is 1.40 bits per heavy atom. The molecule has 0 bridgehead atoms. The third kappa shape index (κ3) is 1.85. The molecule has 1 N–H and O–H groups in total. The molecule has 0 radical (unpaired) electrons. The molecule has 2 aromatic rings. The van der Waals surface area contributed by atoms with Gasteiger partial charge in [-0.2, -0.15) is 0 Å². The molecular weight excluding hydrogens is 258 g/mol. The molecule has 0 unspecified atom stereocenters. The quantitative estimate of drug-likeness (QED) is 0.850. The van der Waals surface area contributed by atoms with Crippen molar-refractivity contribution in [1.82, 2.24) is 4.98 Å². The summed E-state index contributed by atoms with van der Waals surface area (Å²) in [5.74, 6) is -0.997. The van der Waals surface area contributed by atoms with E-state index < -0.39 is 5.97 Å². The van der Waals surface area contributed by atoms with Crippen molar-refractivity contribution < 1.29 is 9.90 Å². The zero-order valence-corrected chi connectivity index (χ0v) is 9.36. The molecule has 4 heteroatoms. The molecule has 0 aliphatic heterocycles. The Balaban J connectivity index is 2.77. The van der Waals surface area contributed by atoms with Crippen LogP contribution in [0.25, 0.3) is 10.9 Å². The smallest absolute Gasteiger partial charge is 0.354 e.